The van der Waals surface area contributed by atoms with Crippen LogP contribution in [0.2, 0.25) is 0 Å². The summed E-state index contributed by atoms with van der Waals surface area (Å²) in [5.41, 5.74) is 2.45. The average Bonchev–Trinajstić information content (AvgIpc) is 2.79. The molecule has 1 fully saturated rings. The molecule has 1 saturated heterocycles. The summed E-state index contributed by atoms with van der Waals surface area (Å²) >= 11 is 2.34. The fourth-order valence-electron chi connectivity index (χ4n) is 3.39. The van der Waals surface area contributed by atoms with Crippen LogP contribution in [-0.2, 0) is 16.7 Å². The summed E-state index contributed by atoms with van der Waals surface area (Å²) in [6.07, 6.45) is 3.08. The Hall–Kier alpha value is -0.590. The van der Waals surface area contributed by atoms with Crippen molar-refractivity contribution in [3.63, 3.8) is 0 Å². The molecule has 2 aliphatic heterocycles. The number of ether oxygens (including phenoxy) is 1. The molecule has 2 aromatic rings. The minimum Gasteiger partial charge on any atom is -0.459 e. The molecule has 4 heteroatoms. The van der Waals surface area contributed by atoms with E-state index in [-0.39, 0.29) is 5.54 Å². The molecule has 1 aromatic heterocycles. The number of halogens is 1. The summed E-state index contributed by atoms with van der Waals surface area (Å²) in [4.78, 5) is 0. The van der Waals surface area contributed by atoms with E-state index in [2.05, 4.69) is 46.1 Å². The first-order chi connectivity index (χ1) is 9.28. The van der Waals surface area contributed by atoms with Crippen molar-refractivity contribution >= 4 is 33.6 Å². The highest BCUT2D eigenvalue weighted by atomic mass is 127. The summed E-state index contributed by atoms with van der Waals surface area (Å²) in [5.74, 6) is 1.17. The Labute approximate surface area is 125 Å². The van der Waals surface area contributed by atoms with E-state index in [9.17, 15) is 0 Å². The van der Waals surface area contributed by atoms with Crippen LogP contribution in [0, 0.1) is 3.57 Å². The van der Waals surface area contributed by atoms with Crippen LogP contribution in [0.4, 0.5) is 0 Å². The minimum absolute atomic E-state index is 0.0102. The molecule has 2 aliphatic rings. The van der Waals surface area contributed by atoms with Gasteiger partial charge in [0.1, 0.15) is 11.3 Å². The lowest BCUT2D eigenvalue weighted by molar-refractivity contribution is 0.0252. The number of hydrogen-bond acceptors (Lipinski definition) is 3. The molecule has 0 amide bonds. The smallest absolute Gasteiger partial charge is 0.135 e. The van der Waals surface area contributed by atoms with Crippen molar-refractivity contribution in [3.8, 4) is 0 Å². The average molecular weight is 369 g/mol. The lowest BCUT2D eigenvalue weighted by Crippen LogP contribution is -2.50. The van der Waals surface area contributed by atoms with Gasteiger partial charge in [-0.25, -0.2) is 0 Å². The predicted molar refractivity (Wildman–Crippen MR) is 82.4 cm³/mol. The monoisotopic (exact) mass is 369 g/mol. The fraction of sp³-hybridized carbons (Fsp3) is 0.467. The normalized spacial score (nSPS) is 21.7. The molecule has 1 N–H and O–H groups in total. The van der Waals surface area contributed by atoms with Crippen LogP contribution in [0.5, 0.6) is 0 Å². The molecule has 19 heavy (non-hydrogen) atoms. The number of benzene rings is 1. The van der Waals surface area contributed by atoms with E-state index in [4.69, 9.17) is 9.15 Å². The van der Waals surface area contributed by atoms with Gasteiger partial charge in [-0.1, -0.05) is 0 Å². The second kappa shape index (κ2) is 4.46. The first-order valence-corrected chi connectivity index (χ1v) is 7.91. The predicted octanol–water partition coefficient (Wildman–Crippen LogP) is 3.19. The van der Waals surface area contributed by atoms with E-state index in [0.717, 1.165) is 44.6 Å². The topological polar surface area (TPSA) is 34.4 Å². The summed E-state index contributed by atoms with van der Waals surface area (Å²) in [6, 6.07) is 6.51. The lowest BCUT2D eigenvalue weighted by atomic mass is 9.81. The third-order valence-electron chi connectivity index (χ3n) is 4.37. The molecule has 0 bridgehead atoms. The van der Waals surface area contributed by atoms with Gasteiger partial charge in [0.25, 0.3) is 0 Å². The van der Waals surface area contributed by atoms with Gasteiger partial charge in [-0.15, -0.1) is 0 Å². The van der Waals surface area contributed by atoms with Gasteiger partial charge < -0.3 is 14.5 Å². The Bertz CT molecular complexity index is 628. The van der Waals surface area contributed by atoms with Crippen LogP contribution in [0.15, 0.2) is 22.6 Å². The summed E-state index contributed by atoms with van der Waals surface area (Å²) < 4.78 is 13.0. The zero-order chi connectivity index (χ0) is 12.9. The second-order valence-corrected chi connectivity index (χ2v) is 6.67. The van der Waals surface area contributed by atoms with Gasteiger partial charge in [-0.2, -0.15) is 0 Å². The maximum Gasteiger partial charge on any atom is 0.135 e. The number of rotatable bonds is 0. The van der Waals surface area contributed by atoms with E-state index in [1.165, 1.54) is 20.3 Å². The Morgan fingerprint density at radius 1 is 1.21 bits per heavy atom. The number of nitrogens with one attached hydrogen (secondary N) is 1. The highest BCUT2D eigenvalue weighted by Gasteiger charge is 2.41. The Morgan fingerprint density at radius 2 is 2.05 bits per heavy atom. The molecule has 3 heterocycles. The number of furan rings is 1. The van der Waals surface area contributed by atoms with E-state index in [1.54, 1.807) is 0 Å². The fourth-order valence-corrected chi connectivity index (χ4v) is 3.85. The first-order valence-electron chi connectivity index (χ1n) is 6.83. The summed E-state index contributed by atoms with van der Waals surface area (Å²) in [5, 5.41) is 4.98. The molecule has 0 aliphatic carbocycles. The van der Waals surface area contributed by atoms with Crippen molar-refractivity contribution in [3.05, 3.63) is 33.1 Å². The van der Waals surface area contributed by atoms with Gasteiger partial charge in [0.15, 0.2) is 0 Å². The molecule has 4 rings (SSSR count). The molecule has 0 radical (unpaired) electrons. The van der Waals surface area contributed by atoms with E-state index in [0.29, 0.717) is 0 Å². The van der Waals surface area contributed by atoms with Crippen LogP contribution >= 0.6 is 22.6 Å². The van der Waals surface area contributed by atoms with E-state index in [1.807, 2.05) is 0 Å². The Morgan fingerprint density at radius 3 is 2.89 bits per heavy atom. The van der Waals surface area contributed by atoms with Gasteiger partial charge in [-0.05, 0) is 60.1 Å². The van der Waals surface area contributed by atoms with E-state index < -0.39 is 0 Å². The van der Waals surface area contributed by atoms with Crippen LogP contribution in [0.1, 0.15) is 24.2 Å². The maximum absolute atomic E-state index is 6.24. The van der Waals surface area contributed by atoms with Crippen LogP contribution < -0.4 is 5.32 Å². The second-order valence-electron chi connectivity index (χ2n) is 5.42. The highest BCUT2D eigenvalue weighted by Crippen LogP contribution is 2.41. The lowest BCUT2D eigenvalue weighted by Gasteiger charge is -2.39. The molecule has 100 valence electrons. The van der Waals surface area contributed by atoms with Crippen molar-refractivity contribution < 1.29 is 9.15 Å². The van der Waals surface area contributed by atoms with Crippen LogP contribution in [-0.4, -0.2) is 19.8 Å². The quantitative estimate of drug-likeness (QED) is 0.725. The van der Waals surface area contributed by atoms with Gasteiger partial charge >= 0.3 is 0 Å². The Kier molecular flexibility index (Phi) is 2.86. The molecule has 3 nitrogen and oxygen atoms in total. The molecular weight excluding hydrogens is 353 g/mol. The third-order valence-corrected chi connectivity index (χ3v) is 5.05. The van der Waals surface area contributed by atoms with Gasteiger partial charge in [0.2, 0.25) is 0 Å². The van der Waals surface area contributed by atoms with Crippen molar-refractivity contribution in [1.82, 2.24) is 5.32 Å². The molecule has 0 saturated carbocycles. The van der Waals surface area contributed by atoms with Crippen molar-refractivity contribution in [1.29, 1.82) is 0 Å². The van der Waals surface area contributed by atoms with Crippen LogP contribution in [0.25, 0.3) is 11.0 Å². The molecule has 1 spiro atoms. The molecular formula is C15H16INO2. The largest absolute Gasteiger partial charge is 0.459 e. The van der Waals surface area contributed by atoms with Crippen molar-refractivity contribution in [2.24, 2.45) is 0 Å². The minimum atomic E-state index is 0.0102. The zero-order valence-corrected chi connectivity index (χ0v) is 12.8. The summed E-state index contributed by atoms with van der Waals surface area (Å²) in [6.45, 7) is 2.68. The SMILES string of the molecule is Ic1ccc2c3c(oc2c1)C1(CCOCC1)NCC3. The molecule has 0 unspecified atom stereocenters. The number of hydrogen-bond donors (Lipinski definition) is 1. The third kappa shape index (κ3) is 1.84. The Balaban J connectivity index is 1.92. The van der Waals surface area contributed by atoms with Gasteiger partial charge in [0.05, 0.1) is 5.54 Å². The highest BCUT2D eigenvalue weighted by molar-refractivity contribution is 14.1. The van der Waals surface area contributed by atoms with Crippen molar-refractivity contribution in [2.75, 3.05) is 19.8 Å². The standard InChI is InChI=1S/C15H16INO2/c16-10-1-2-11-12-3-6-17-15(4-7-18-8-5-15)14(12)19-13(11)9-10/h1-2,9,17H,3-8H2. The molecule has 0 atom stereocenters. The van der Waals surface area contributed by atoms with E-state index >= 15 is 0 Å². The summed E-state index contributed by atoms with van der Waals surface area (Å²) in [7, 11) is 0. The zero-order valence-electron chi connectivity index (χ0n) is 10.7. The van der Waals surface area contributed by atoms with Gasteiger partial charge in [-0.3, -0.25) is 0 Å². The maximum atomic E-state index is 6.24. The van der Waals surface area contributed by atoms with Gasteiger partial charge in [0, 0.05) is 34.3 Å². The number of fused-ring (bicyclic) bond motifs is 4. The van der Waals surface area contributed by atoms with Crippen molar-refractivity contribution in [2.45, 2.75) is 24.8 Å². The van der Waals surface area contributed by atoms with Crippen LogP contribution in [0.3, 0.4) is 0 Å². The molecule has 1 aromatic carbocycles. The first kappa shape index (κ1) is 12.2.